The van der Waals surface area contributed by atoms with E-state index in [9.17, 15) is 4.79 Å². The van der Waals surface area contributed by atoms with E-state index in [1.165, 1.54) is 12.8 Å². The molecule has 1 saturated heterocycles. The van der Waals surface area contributed by atoms with Crippen molar-refractivity contribution in [2.24, 2.45) is 0 Å². The molecule has 104 valence electrons. The Morgan fingerprint density at radius 3 is 3.05 bits per heavy atom. The fraction of sp³-hybridized carbons (Fsp3) is 0.600. The van der Waals surface area contributed by atoms with Gasteiger partial charge in [-0.1, -0.05) is 19.4 Å². The van der Waals surface area contributed by atoms with Crippen molar-refractivity contribution in [2.45, 2.75) is 45.1 Å². The van der Waals surface area contributed by atoms with Gasteiger partial charge < -0.3 is 10.2 Å². The van der Waals surface area contributed by atoms with Crippen LogP contribution < -0.4 is 5.32 Å². The lowest BCUT2D eigenvalue weighted by Crippen LogP contribution is -2.32. The highest BCUT2D eigenvalue weighted by atomic mass is 16.1. The van der Waals surface area contributed by atoms with Crippen LogP contribution in [0.25, 0.3) is 0 Å². The third-order valence-corrected chi connectivity index (χ3v) is 3.69. The Kier molecular flexibility index (Phi) is 5.19. The Hall–Kier alpha value is -1.58. The first-order valence-corrected chi connectivity index (χ1v) is 7.26. The second-order valence-electron chi connectivity index (χ2n) is 5.11. The van der Waals surface area contributed by atoms with Crippen molar-refractivity contribution in [3.63, 3.8) is 0 Å². The molecule has 1 fully saturated rings. The zero-order valence-corrected chi connectivity index (χ0v) is 11.6. The molecule has 0 aliphatic carbocycles. The van der Waals surface area contributed by atoms with Gasteiger partial charge in [-0.2, -0.15) is 0 Å². The molecule has 4 heteroatoms. The highest BCUT2D eigenvalue weighted by Gasteiger charge is 2.22. The number of unbranched alkanes of at least 4 members (excludes halogenated alkanes) is 1. The fourth-order valence-electron chi connectivity index (χ4n) is 2.54. The number of hydrogen-bond acceptors (Lipinski definition) is 3. The normalized spacial score (nSPS) is 19.2. The molecule has 1 aliphatic rings. The largest absolute Gasteiger partial charge is 0.370 e. The van der Waals surface area contributed by atoms with Crippen molar-refractivity contribution in [3.05, 3.63) is 23.9 Å². The maximum Gasteiger partial charge on any atom is 0.210 e. The number of carbonyl (C=O) groups is 1. The van der Waals surface area contributed by atoms with Crippen LogP contribution >= 0.6 is 0 Å². The molecular weight excluding hydrogens is 238 g/mol. The van der Waals surface area contributed by atoms with E-state index in [1.54, 1.807) is 0 Å². The number of anilines is 1. The van der Waals surface area contributed by atoms with Crippen LogP contribution in [-0.2, 0) is 4.79 Å². The summed E-state index contributed by atoms with van der Waals surface area (Å²) < 4.78 is 0. The first kappa shape index (κ1) is 13.8. The second-order valence-corrected chi connectivity index (χ2v) is 5.11. The molecule has 2 rings (SSSR count). The predicted molar refractivity (Wildman–Crippen MR) is 77.0 cm³/mol. The Bertz CT molecular complexity index is 391. The molecule has 1 atom stereocenters. The van der Waals surface area contributed by atoms with Gasteiger partial charge in [0.05, 0.1) is 6.04 Å². The van der Waals surface area contributed by atoms with E-state index in [0.717, 1.165) is 50.1 Å². The van der Waals surface area contributed by atoms with E-state index in [0.29, 0.717) is 0 Å². The Morgan fingerprint density at radius 2 is 2.37 bits per heavy atom. The molecule has 0 bridgehead atoms. The van der Waals surface area contributed by atoms with Gasteiger partial charge in [-0.25, -0.2) is 4.98 Å². The van der Waals surface area contributed by atoms with Crippen LogP contribution in [0, 0.1) is 0 Å². The molecule has 19 heavy (non-hydrogen) atoms. The summed E-state index contributed by atoms with van der Waals surface area (Å²) in [6.07, 6.45) is 8.55. The van der Waals surface area contributed by atoms with E-state index in [-0.39, 0.29) is 6.04 Å². The minimum Gasteiger partial charge on any atom is -0.370 e. The number of carbonyl (C=O) groups excluding carboxylic acids is 1. The number of nitrogens with zero attached hydrogens (tertiary/aromatic N) is 2. The minimum absolute atomic E-state index is 0.212. The molecule has 0 aromatic carbocycles. The van der Waals surface area contributed by atoms with Crippen molar-refractivity contribution in [3.8, 4) is 0 Å². The predicted octanol–water partition coefficient (Wildman–Crippen LogP) is 2.98. The molecule has 1 aromatic rings. The minimum atomic E-state index is 0.212. The van der Waals surface area contributed by atoms with Gasteiger partial charge in [0.15, 0.2) is 0 Å². The highest BCUT2D eigenvalue weighted by Crippen LogP contribution is 2.29. The van der Waals surface area contributed by atoms with Crippen LogP contribution in [0.4, 0.5) is 5.82 Å². The molecule has 2 heterocycles. The van der Waals surface area contributed by atoms with Crippen molar-refractivity contribution in [2.75, 3.05) is 18.4 Å². The lowest BCUT2D eigenvalue weighted by Gasteiger charge is -2.32. The van der Waals surface area contributed by atoms with Gasteiger partial charge in [-0.3, -0.25) is 4.79 Å². The quantitative estimate of drug-likeness (QED) is 0.632. The molecular formula is C15H23N3O. The Balaban J connectivity index is 1.98. The zero-order valence-electron chi connectivity index (χ0n) is 11.6. The number of aromatic nitrogens is 1. The molecule has 1 N–H and O–H groups in total. The van der Waals surface area contributed by atoms with Gasteiger partial charge in [-0.15, -0.1) is 0 Å². The number of amides is 1. The van der Waals surface area contributed by atoms with Crippen molar-refractivity contribution >= 4 is 12.2 Å². The first-order chi connectivity index (χ1) is 9.35. The number of rotatable bonds is 6. The molecule has 1 aliphatic heterocycles. The fourth-order valence-corrected chi connectivity index (χ4v) is 2.54. The molecule has 4 nitrogen and oxygen atoms in total. The van der Waals surface area contributed by atoms with Gasteiger partial charge in [0.1, 0.15) is 5.82 Å². The summed E-state index contributed by atoms with van der Waals surface area (Å²) in [6.45, 7) is 4.01. The van der Waals surface area contributed by atoms with E-state index < -0.39 is 0 Å². The van der Waals surface area contributed by atoms with E-state index >= 15 is 0 Å². The van der Waals surface area contributed by atoms with Crippen molar-refractivity contribution < 1.29 is 4.79 Å². The van der Waals surface area contributed by atoms with E-state index in [1.807, 2.05) is 17.2 Å². The number of piperidine rings is 1. The van der Waals surface area contributed by atoms with Crippen LogP contribution in [-0.4, -0.2) is 29.4 Å². The average Bonchev–Trinajstić information content (AvgIpc) is 2.48. The molecule has 0 radical (unpaired) electrons. The van der Waals surface area contributed by atoms with Crippen LogP contribution in [0.15, 0.2) is 18.3 Å². The summed E-state index contributed by atoms with van der Waals surface area (Å²) >= 11 is 0. The standard InChI is InChI=1S/C15H23N3O/c1-2-3-9-16-15-8-7-13(11-17-15)14-6-4-5-10-18(14)12-19/h7-8,11-12,14H,2-6,9-10H2,1H3,(H,16,17). The van der Waals surface area contributed by atoms with E-state index in [2.05, 4.69) is 23.3 Å². The maximum absolute atomic E-state index is 11.1. The first-order valence-electron chi connectivity index (χ1n) is 7.26. The lowest BCUT2D eigenvalue weighted by molar-refractivity contribution is -0.121. The van der Waals surface area contributed by atoms with Crippen LogP contribution in [0.1, 0.15) is 50.6 Å². The highest BCUT2D eigenvalue weighted by molar-refractivity contribution is 5.49. The lowest BCUT2D eigenvalue weighted by atomic mass is 9.97. The SMILES string of the molecule is CCCCNc1ccc(C2CCCCN2C=O)cn1. The third-order valence-electron chi connectivity index (χ3n) is 3.69. The smallest absolute Gasteiger partial charge is 0.210 e. The summed E-state index contributed by atoms with van der Waals surface area (Å²) in [4.78, 5) is 17.4. The van der Waals surface area contributed by atoms with Gasteiger partial charge in [0, 0.05) is 19.3 Å². The zero-order chi connectivity index (χ0) is 13.5. The van der Waals surface area contributed by atoms with E-state index in [4.69, 9.17) is 0 Å². The van der Waals surface area contributed by atoms with Crippen LogP contribution in [0.2, 0.25) is 0 Å². The number of likely N-dealkylation sites (tertiary alicyclic amines) is 1. The monoisotopic (exact) mass is 261 g/mol. The summed E-state index contributed by atoms with van der Waals surface area (Å²) in [7, 11) is 0. The van der Waals surface area contributed by atoms with Crippen molar-refractivity contribution in [1.82, 2.24) is 9.88 Å². The summed E-state index contributed by atoms with van der Waals surface area (Å²) in [5, 5.41) is 3.31. The summed E-state index contributed by atoms with van der Waals surface area (Å²) in [5.74, 6) is 0.922. The number of nitrogens with one attached hydrogen (secondary N) is 1. The van der Waals surface area contributed by atoms with Gasteiger partial charge >= 0.3 is 0 Å². The second kappa shape index (κ2) is 7.12. The molecule has 0 saturated carbocycles. The van der Waals surface area contributed by atoms with Crippen LogP contribution in [0.5, 0.6) is 0 Å². The molecule has 1 aromatic heterocycles. The molecule has 1 unspecified atom stereocenters. The average molecular weight is 261 g/mol. The number of hydrogen-bond donors (Lipinski definition) is 1. The topological polar surface area (TPSA) is 45.2 Å². The molecule has 1 amide bonds. The number of pyridine rings is 1. The maximum atomic E-state index is 11.1. The van der Waals surface area contributed by atoms with Gasteiger partial charge in [-0.05, 0) is 37.3 Å². The summed E-state index contributed by atoms with van der Waals surface area (Å²) in [5.41, 5.74) is 1.15. The van der Waals surface area contributed by atoms with Gasteiger partial charge in [0.25, 0.3) is 0 Å². The molecule has 0 spiro atoms. The summed E-state index contributed by atoms with van der Waals surface area (Å²) in [6, 6.07) is 4.32. The van der Waals surface area contributed by atoms with Gasteiger partial charge in [0.2, 0.25) is 6.41 Å². The van der Waals surface area contributed by atoms with Crippen molar-refractivity contribution in [1.29, 1.82) is 0 Å². The third kappa shape index (κ3) is 3.69. The Morgan fingerprint density at radius 1 is 1.47 bits per heavy atom. The Labute approximate surface area is 115 Å². The van der Waals surface area contributed by atoms with Crippen LogP contribution in [0.3, 0.4) is 0 Å².